The summed E-state index contributed by atoms with van der Waals surface area (Å²) >= 11 is 6.03. The van der Waals surface area contributed by atoms with E-state index in [-0.39, 0.29) is 24.1 Å². The van der Waals surface area contributed by atoms with Gasteiger partial charge in [-0.3, -0.25) is 4.90 Å². The standard InChI is InChI=1S/C27H29ClF2N6O4/c1-27(2,3)40-25(37)34-10-8-16(9-11-34)24-31-32-33-35(24)15-22-23(17-12-19(29)14-20(30)13-17)36(26(38)39-22)21-6-4-18(28)5-7-21/h4-7,12-14,16,22-23H,8-11,15H2,1-3H3/t22?,23-/m0/s1. The van der Waals surface area contributed by atoms with Crippen molar-refractivity contribution >= 4 is 29.5 Å². The van der Waals surface area contributed by atoms with Crippen LogP contribution in [-0.4, -0.2) is 62.1 Å². The van der Waals surface area contributed by atoms with Crippen molar-refractivity contribution in [2.75, 3.05) is 18.0 Å². The smallest absolute Gasteiger partial charge is 0.415 e. The normalized spacial score (nSPS) is 20.1. The van der Waals surface area contributed by atoms with Crippen LogP contribution >= 0.6 is 11.6 Å². The Morgan fingerprint density at radius 2 is 1.75 bits per heavy atom. The summed E-state index contributed by atoms with van der Waals surface area (Å²) in [6, 6.07) is 8.76. The van der Waals surface area contributed by atoms with E-state index in [4.69, 9.17) is 21.1 Å². The average Bonchev–Trinajstić information content (AvgIpc) is 3.47. The van der Waals surface area contributed by atoms with Crippen molar-refractivity contribution in [2.45, 2.75) is 63.8 Å². The summed E-state index contributed by atoms with van der Waals surface area (Å²) in [5, 5.41) is 12.7. The molecule has 3 heterocycles. The van der Waals surface area contributed by atoms with Gasteiger partial charge in [0.15, 0.2) is 5.82 Å². The summed E-state index contributed by atoms with van der Waals surface area (Å²) in [5.74, 6) is -1.02. The summed E-state index contributed by atoms with van der Waals surface area (Å²) in [7, 11) is 0. The number of amides is 2. The van der Waals surface area contributed by atoms with E-state index in [1.165, 1.54) is 17.0 Å². The molecule has 0 bridgehead atoms. The highest BCUT2D eigenvalue weighted by atomic mass is 35.5. The van der Waals surface area contributed by atoms with Crippen molar-refractivity contribution < 1.29 is 27.8 Å². The van der Waals surface area contributed by atoms with Crippen molar-refractivity contribution in [1.29, 1.82) is 0 Å². The second-order valence-electron chi connectivity index (χ2n) is 10.9. The Bertz CT molecular complexity index is 1370. The fourth-order valence-electron chi connectivity index (χ4n) is 5.10. The quantitative estimate of drug-likeness (QED) is 0.397. The number of carbonyl (C=O) groups is 2. The Morgan fingerprint density at radius 3 is 2.38 bits per heavy atom. The van der Waals surface area contributed by atoms with Crippen molar-refractivity contribution in [3.63, 3.8) is 0 Å². The van der Waals surface area contributed by atoms with Gasteiger partial charge in [0.05, 0.1) is 6.54 Å². The second-order valence-corrected chi connectivity index (χ2v) is 11.3. The van der Waals surface area contributed by atoms with Crippen molar-refractivity contribution in [3.05, 3.63) is 70.5 Å². The zero-order valence-corrected chi connectivity index (χ0v) is 23.0. The fourth-order valence-corrected chi connectivity index (χ4v) is 5.22. The first kappa shape index (κ1) is 27.8. The molecule has 212 valence electrons. The Morgan fingerprint density at radius 1 is 1.10 bits per heavy atom. The van der Waals surface area contributed by atoms with E-state index in [0.717, 1.165) is 6.07 Å². The molecule has 40 heavy (non-hydrogen) atoms. The average molecular weight is 575 g/mol. The number of halogens is 3. The van der Waals surface area contributed by atoms with Crippen LogP contribution in [0.25, 0.3) is 0 Å². The number of aromatic nitrogens is 4. The number of ether oxygens (including phenoxy) is 2. The molecule has 0 spiro atoms. The van der Waals surface area contributed by atoms with Crippen LogP contribution in [0.3, 0.4) is 0 Å². The molecular weight excluding hydrogens is 546 g/mol. The Kier molecular flexibility index (Phi) is 7.63. The molecule has 1 unspecified atom stereocenters. The molecule has 2 fully saturated rings. The highest BCUT2D eigenvalue weighted by Gasteiger charge is 2.45. The molecule has 1 aromatic heterocycles. The Labute approximate surface area is 234 Å². The summed E-state index contributed by atoms with van der Waals surface area (Å²) < 4.78 is 41.3. The minimum Gasteiger partial charge on any atom is -0.444 e. The number of cyclic esters (lactones) is 1. The minimum atomic E-state index is -0.870. The van der Waals surface area contributed by atoms with Crippen molar-refractivity contribution in [1.82, 2.24) is 25.1 Å². The number of nitrogens with zero attached hydrogens (tertiary/aromatic N) is 6. The van der Waals surface area contributed by atoms with Gasteiger partial charge in [0.25, 0.3) is 0 Å². The van der Waals surface area contributed by atoms with Crippen LogP contribution in [0.15, 0.2) is 42.5 Å². The Hall–Kier alpha value is -3.80. The van der Waals surface area contributed by atoms with Gasteiger partial charge in [-0.2, -0.15) is 0 Å². The lowest BCUT2D eigenvalue weighted by atomic mass is 9.95. The number of rotatable bonds is 5. The first-order valence-electron chi connectivity index (χ1n) is 12.9. The topological polar surface area (TPSA) is 103 Å². The first-order valence-corrected chi connectivity index (χ1v) is 13.3. The van der Waals surface area contributed by atoms with Crippen LogP contribution in [0.4, 0.5) is 24.1 Å². The van der Waals surface area contributed by atoms with E-state index in [9.17, 15) is 18.4 Å². The zero-order chi connectivity index (χ0) is 28.6. The lowest BCUT2D eigenvalue weighted by Crippen LogP contribution is -2.41. The first-order chi connectivity index (χ1) is 19.0. The van der Waals surface area contributed by atoms with Gasteiger partial charge in [0.1, 0.15) is 29.4 Å². The van der Waals surface area contributed by atoms with Crippen LogP contribution in [-0.2, 0) is 16.0 Å². The van der Waals surface area contributed by atoms with Crippen LogP contribution in [0.5, 0.6) is 0 Å². The molecule has 3 aromatic rings. The number of piperidine rings is 1. The van der Waals surface area contributed by atoms with Gasteiger partial charge in [0, 0.05) is 35.8 Å². The number of anilines is 1. The van der Waals surface area contributed by atoms with Gasteiger partial charge in [-0.1, -0.05) is 11.6 Å². The van der Waals surface area contributed by atoms with E-state index in [0.29, 0.717) is 42.5 Å². The van der Waals surface area contributed by atoms with Crippen molar-refractivity contribution in [3.8, 4) is 0 Å². The lowest BCUT2D eigenvalue weighted by Gasteiger charge is -2.33. The molecule has 0 radical (unpaired) electrons. The van der Waals surface area contributed by atoms with E-state index >= 15 is 0 Å². The molecule has 0 aliphatic carbocycles. The molecule has 0 saturated carbocycles. The van der Waals surface area contributed by atoms with E-state index in [2.05, 4.69) is 15.5 Å². The van der Waals surface area contributed by atoms with E-state index in [1.54, 1.807) is 33.8 Å². The second kappa shape index (κ2) is 11.0. The van der Waals surface area contributed by atoms with Gasteiger partial charge in [0.2, 0.25) is 0 Å². The van der Waals surface area contributed by atoms with E-state index < -0.39 is 35.5 Å². The van der Waals surface area contributed by atoms with Crippen molar-refractivity contribution in [2.24, 2.45) is 0 Å². The number of tetrazole rings is 1. The lowest BCUT2D eigenvalue weighted by molar-refractivity contribution is 0.0202. The highest BCUT2D eigenvalue weighted by molar-refractivity contribution is 6.30. The largest absolute Gasteiger partial charge is 0.444 e. The maximum absolute atomic E-state index is 14.3. The maximum Gasteiger partial charge on any atom is 0.415 e. The van der Waals surface area contributed by atoms with Gasteiger partial charge in [-0.05, 0) is 86.0 Å². The van der Waals surface area contributed by atoms with Gasteiger partial charge >= 0.3 is 12.2 Å². The molecule has 2 aliphatic heterocycles. The highest BCUT2D eigenvalue weighted by Crippen LogP contribution is 2.39. The molecule has 2 amide bonds. The van der Waals surface area contributed by atoms with Crippen LogP contribution < -0.4 is 4.90 Å². The van der Waals surface area contributed by atoms with Gasteiger partial charge < -0.3 is 14.4 Å². The zero-order valence-electron chi connectivity index (χ0n) is 22.3. The third kappa shape index (κ3) is 6.01. The Balaban J connectivity index is 1.38. The summed E-state index contributed by atoms with van der Waals surface area (Å²) in [5.41, 5.74) is 0.0965. The summed E-state index contributed by atoms with van der Waals surface area (Å²) in [6.45, 7) is 6.46. The monoisotopic (exact) mass is 574 g/mol. The summed E-state index contributed by atoms with van der Waals surface area (Å²) in [4.78, 5) is 28.6. The number of likely N-dealkylation sites (tertiary alicyclic amines) is 1. The molecule has 5 rings (SSSR count). The van der Waals surface area contributed by atoms with Gasteiger partial charge in [-0.15, -0.1) is 5.10 Å². The number of carbonyl (C=O) groups excluding carboxylic acids is 2. The predicted octanol–water partition coefficient (Wildman–Crippen LogP) is 5.49. The number of hydrogen-bond acceptors (Lipinski definition) is 7. The molecule has 2 aromatic carbocycles. The summed E-state index contributed by atoms with van der Waals surface area (Å²) in [6.07, 6.45) is -0.689. The van der Waals surface area contributed by atoms with Crippen LogP contribution in [0, 0.1) is 11.6 Å². The molecule has 10 nitrogen and oxygen atoms in total. The molecule has 0 N–H and O–H groups in total. The minimum absolute atomic E-state index is 0.0489. The number of hydrogen-bond donors (Lipinski definition) is 0. The van der Waals surface area contributed by atoms with Crippen LogP contribution in [0.2, 0.25) is 5.02 Å². The molecule has 2 saturated heterocycles. The molecule has 2 atom stereocenters. The molecule has 2 aliphatic rings. The molecular formula is C27H29ClF2N6O4. The number of benzene rings is 2. The molecule has 13 heteroatoms. The van der Waals surface area contributed by atoms with Crippen LogP contribution in [0.1, 0.15) is 57.0 Å². The van der Waals surface area contributed by atoms with Gasteiger partial charge in [-0.25, -0.2) is 23.1 Å². The SMILES string of the molecule is CC(C)(C)OC(=O)N1CCC(c2nnnn2CC2OC(=O)N(c3ccc(Cl)cc3)[C@H]2c2cc(F)cc(F)c2)CC1. The fraction of sp³-hybridized carbons (Fsp3) is 0.444. The predicted molar refractivity (Wildman–Crippen MR) is 141 cm³/mol. The maximum atomic E-state index is 14.3. The van der Waals surface area contributed by atoms with E-state index in [1.807, 2.05) is 20.8 Å². The third-order valence-electron chi connectivity index (χ3n) is 6.83. The third-order valence-corrected chi connectivity index (χ3v) is 7.09.